The molecule has 3 aromatic carbocycles. The lowest BCUT2D eigenvalue weighted by atomic mass is 9.97. The van der Waals surface area contributed by atoms with Crippen LogP contribution in [0.3, 0.4) is 0 Å². The molecule has 0 atom stereocenters. The fourth-order valence-electron chi connectivity index (χ4n) is 3.10. The summed E-state index contributed by atoms with van der Waals surface area (Å²) in [6, 6.07) is 21.2. The molecular weight excluding hydrogens is 334 g/mol. The lowest BCUT2D eigenvalue weighted by Gasteiger charge is -2.15. The smallest absolute Gasteiger partial charge is 0.123 e. The van der Waals surface area contributed by atoms with Crippen molar-refractivity contribution >= 4 is 10.8 Å². The molecule has 0 heterocycles. The van der Waals surface area contributed by atoms with Gasteiger partial charge in [-0.25, -0.2) is 0 Å². The Kier molecular flexibility index (Phi) is 6.72. The average molecular weight is 364 g/mol. The Morgan fingerprint density at radius 1 is 0.815 bits per heavy atom. The van der Waals surface area contributed by atoms with E-state index in [1.54, 1.807) is 0 Å². The van der Waals surface area contributed by atoms with E-state index in [1.807, 2.05) is 0 Å². The molecule has 3 nitrogen and oxygen atoms in total. The summed E-state index contributed by atoms with van der Waals surface area (Å²) in [7, 11) is 4.10. The highest BCUT2D eigenvalue weighted by Gasteiger charge is 2.10. The van der Waals surface area contributed by atoms with E-state index in [0.29, 0.717) is 6.61 Å². The Morgan fingerprint density at radius 2 is 1.59 bits per heavy atom. The highest BCUT2D eigenvalue weighted by atomic mass is 16.5. The Labute approximate surface area is 162 Å². The summed E-state index contributed by atoms with van der Waals surface area (Å²) in [6.45, 7) is 4.49. The van der Waals surface area contributed by atoms with Gasteiger partial charge in [0.15, 0.2) is 0 Å². The van der Waals surface area contributed by atoms with Gasteiger partial charge in [0.05, 0.1) is 6.61 Å². The largest absolute Gasteiger partial charge is 0.493 e. The molecule has 0 bridgehead atoms. The first-order valence-corrected chi connectivity index (χ1v) is 9.67. The van der Waals surface area contributed by atoms with E-state index in [1.165, 1.54) is 21.9 Å². The van der Waals surface area contributed by atoms with Crippen molar-refractivity contribution in [1.29, 1.82) is 0 Å². The molecule has 3 aromatic rings. The molecule has 0 fully saturated rings. The van der Waals surface area contributed by atoms with Crippen molar-refractivity contribution in [2.24, 2.45) is 0 Å². The number of hydrogen-bond acceptors (Lipinski definition) is 3. The van der Waals surface area contributed by atoms with Crippen LogP contribution in [0.4, 0.5) is 0 Å². The van der Waals surface area contributed by atoms with Crippen LogP contribution in [0.15, 0.2) is 60.7 Å². The predicted octanol–water partition coefficient (Wildman–Crippen LogP) is 5.16. The van der Waals surface area contributed by atoms with Crippen molar-refractivity contribution in [3.63, 3.8) is 0 Å². The first-order chi connectivity index (χ1) is 13.2. The number of fused-ring (bicyclic) bond motifs is 1. The normalized spacial score (nSPS) is 11.1. The monoisotopic (exact) mass is 363 g/mol. The van der Waals surface area contributed by atoms with Crippen molar-refractivity contribution in [3.05, 3.63) is 71.8 Å². The topological polar surface area (TPSA) is 21.7 Å². The van der Waals surface area contributed by atoms with Crippen molar-refractivity contribution in [2.45, 2.75) is 19.8 Å². The van der Waals surface area contributed by atoms with E-state index in [9.17, 15) is 0 Å². The lowest BCUT2D eigenvalue weighted by Crippen LogP contribution is -2.19. The van der Waals surface area contributed by atoms with E-state index in [4.69, 9.17) is 9.47 Å². The van der Waals surface area contributed by atoms with Crippen LogP contribution in [0.25, 0.3) is 10.8 Å². The first-order valence-electron chi connectivity index (χ1n) is 9.67. The second kappa shape index (κ2) is 9.43. The summed E-state index contributed by atoms with van der Waals surface area (Å²) >= 11 is 0. The molecule has 3 heteroatoms. The van der Waals surface area contributed by atoms with Gasteiger partial charge in [0.2, 0.25) is 0 Å². The van der Waals surface area contributed by atoms with Gasteiger partial charge in [0.1, 0.15) is 18.1 Å². The number of likely N-dealkylation sites (N-methyl/N-ethyl adjacent to an activating group) is 1. The molecule has 0 radical (unpaired) electrons. The number of benzene rings is 3. The molecule has 0 saturated carbocycles. The summed E-state index contributed by atoms with van der Waals surface area (Å²) in [5, 5.41) is 2.51. The Bertz CT molecular complexity index is 856. The average Bonchev–Trinajstić information content (AvgIpc) is 2.68. The Balaban J connectivity index is 1.80. The van der Waals surface area contributed by atoms with E-state index in [-0.39, 0.29) is 0 Å². The summed E-state index contributed by atoms with van der Waals surface area (Å²) in [6.07, 6.45) is 1.85. The lowest BCUT2D eigenvalue weighted by molar-refractivity contribution is 0.261. The van der Waals surface area contributed by atoms with Crippen molar-refractivity contribution in [1.82, 2.24) is 4.90 Å². The van der Waals surface area contributed by atoms with Gasteiger partial charge in [0.25, 0.3) is 0 Å². The molecule has 0 aliphatic rings. The zero-order valence-corrected chi connectivity index (χ0v) is 16.6. The highest BCUT2D eigenvalue weighted by molar-refractivity contribution is 5.88. The van der Waals surface area contributed by atoms with Crippen LogP contribution < -0.4 is 9.47 Å². The van der Waals surface area contributed by atoms with E-state index in [0.717, 1.165) is 37.5 Å². The minimum absolute atomic E-state index is 0.699. The van der Waals surface area contributed by atoms with Crippen LogP contribution in [0.2, 0.25) is 0 Å². The van der Waals surface area contributed by atoms with Gasteiger partial charge in [-0.2, -0.15) is 0 Å². The van der Waals surface area contributed by atoms with Gasteiger partial charge in [-0.3, -0.25) is 0 Å². The van der Waals surface area contributed by atoms with Crippen LogP contribution in [0.1, 0.15) is 24.5 Å². The molecule has 0 aliphatic heterocycles. The van der Waals surface area contributed by atoms with Gasteiger partial charge >= 0.3 is 0 Å². The maximum atomic E-state index is 6.04. The highest BCUT2D eigenvalue weighted by Crippen LogP contribution is 2.31. The second-order valence-corrected chi connectivity index (χ2v) is 7.08. The van der Waals surface area contributed by atoms with E-state index < -0.39 is 0 Å². The zero-order chi connectivity index (χ0) is 19.1. The Morgan fingerprint density at radius 3 is 2.33 bits per heavy atom. The van der Waals surface area contributed by atoms with Crippen LogP contribution in [0.5, 0.6) is 11.5 Å². The SMILES string of the molecule is CCCOc1ccc2ccccc2c1Cc1ccc(OCCN(C)C)cc1. The minimum atomic E-state index is 0.699. The number of rotatable bonds is 9. The quantitative estimate of drug-likeness (QED) is 0.524. The number of hydrogen-bond donors (Lipinski definition) is 0. The third-order valence-corrected chi connectivity index (χ3v) is 4.57. The zero-order valence-electron chi connectivity index (χ0n) is 16.6. The third kappa shape index (κ3) is 5.24. The standard InChI is InChI=1S/C24H29NO2/c1-4-16-27-24-14-11-20-7-5-6-8-22(20)23(24)18-19-9-12-21(13-10-19)26-17-15-25(2)3/h5-14H,4,15-18H2,1-3H3. The van der Waals surface area contributed by atoms with Crippen LogP contribution in [-0.4, -0.2) is 38.8 Å². The van der Waals surface area contributed by atoms with Gasteiger partial charge < -0.3 is 14.4 Å². The summed E-state index contributed by atoms with van der Waals surface area (Å²) < 4.78 is 11.8. The molecule has 0 spiro atoms. The second-order valence-electron chi connectivity index (χ2n) is 7.08. The number of ether oxygens (including phenoxy) is 2. The fraction of sp³-hybridized carbons (Fsp3) is 0.333. The summed E-state index contributed by atoms with van der Waals surface area (Å²) in [5.41, 5.74) is 2.51. The molecule has 3 rings (SSSR count). The third-order valence-electron chi connectivity index (χ3n) is 4.57. The molecule has 0 N–H and O–H groups in total. The molecule has 0 amide bonds. The summed E-state index contributed by atoms with van der Waals surface area (Å²) in [5.74, 6) is 1.91. The van der Waals surface area contributed by atoms with Crippen LogP contribution >= 0.6 is 0 Å². The van der Waals surface area contributed by atoms with Crippen molar-refractivity contribution in [2.75, 3.05) is 33.9 Å². The molecule has 0 aromatic heterocycles. The van der Waals surface area contributed by atoms with Crippen LogP contribution in [-0.2, 0) is 6.42 Å². The molecule has 0 aliphatic carbocycles. The van der Waals surface area contributed by atoms with E-state index in [2.05, 4.69) is 86.6 Å². The van der Waals surface area contributed by atoms with Gasteiger partial charge in [0, 0.05) is 18.5 Å². The maximum Gasteiger partial charge on any atom is 0.123 e. The van der Waals surface area contributed by atoms with E-state index >= 15 is 0 Å². The van der Waals surface area contributed by atoms with Crippen LogP contribution in [0, 0.1) is 0 Å². The molecular formula is C24H29NO2. The van der Waals surface area contributed by atoms with Gasteiger partial charge in [-0.05, 0) is 55.1 Å². The number of nitrogens with zero attached hydrogens (tertiary/aromatic N) is 1. The van der Waals surface area contributed by atoms with Gasteiger partial charge in [-0.15, -0.1) is 0 Å². The maximum absolute atomic E-state index is 6.04. The molecule has 27 heavy (non-hydrogen) atoms. The molecule has 142 valence electrons. The van der Waals surface area contributed by atoms with Crippen molar-refractivity contribution in [3.8, 4) is 11.5 Å². The first kappa shape index (κ1) is 19.2. The fourth-order valence-corrected chi connectivity index (χ4v) is 3.10. The molecule has 0 saturated heterocycles. The van der Waals surface area contributed by atoms with Gasteiger partial charge in [-0.1, -0.05) is 49.4 Å². The Hall–Kier alpha value is -2.52. The predicted molar refractivity (Wildman–Crippen MR) is 113 cm³/mol. The van der Waals surface area contributed by atoms with Crippen molar-refractivity contribution < 1.29 is 9.47 Å². The molecule has 0 unspecified atom stereocenters. The summed E-state index contributed by atoms with van der Waals surface area (Å²) in [4.78, 5) is 2.12. The minimum Gasteiger partial charge on any atom is -0.493 e.